The number of nitrogens with one attached hydrogen (secondary N) is 2. The van der Waals surface area contributed by atoms with Crippen LogP contribution in [0.1, 0.15) is 27.0 Å². The molecule has 0 aromatic heterocycles. The molecule has 202 valence electrons. The van der Waals surface area contributed by atoms with Crippen molar-refractivity contribution >= 4 is 45.7 Å². The Labute approximate surface area is 242 Å². The molecule has 0 spiro atoms. The van der Waals surface area contributed by atoms with Crippen molar-refractivity contribution in [2.45, 2.75) is 6.61 Å². The predicted molar refractivity (Wildman–Crippen MR) is 163 cm³/mol. The second-order valence-corrected chi connectivity index (χ2v) is 9.94. The maximum Gasteiger partial charge on any atom is 0.287 e. The molecule has 4 aromatic carbocycles. The minimum atomic E-state index is -0.570. The Kier molecular flexibility index (Phi) is 9.85. The molecule has 0 fully saturated rings. The largest absolute Gasteiger partial charge is 0.488 e. The summed E-state index contributed by atoms with van der Waals surface area (Å²) in [6.45, 7) is 0.390. The minimum absolute atomic E-state index is 0.0541. The van der Waals surface area contributed by atoms with E-state index in [0.29, 0.717) is 23.5 Å². The van der Waals surface area contributed by atoms with Crippen molar-refractivity contribution in [2.24, 2.45) is 5.10 Å². The van der Waals surface area contributed by atoms with Gasteiger partial charge < -0.3 is 15.0 Å². The molecule has 0 atom stereocenters. The SMILES string of the molecule is CN(C)c1ccc(C=C(NC(=O)c2ccccc2)C(=O)NN=Cc2cc(Br)ccc2OCc2ccccc2)cc1. The fourth-order valence-corrected chi connectivity index (χ4v) is 4.06. The fraction of sp³-hybridized carbons (Fsp3) is 0.0938. The van der Waals surface area contributed by atoms with Crippen LogP contribution in [-0.4, -0.2) is 32.1 Å². The molecule has 8 heteroatoms. The lowest BCUT2D eigenvalue weighted by atomic mass is 10.1. The van der Waals surface area contributed by atoms with Crippen LogP contribution in [-0.2, 0) is 11.4 Å². The highest BCUT2D eigenvalue weighted by molar-refractivity contribution is 9.10. The Balaban J connectivity index is 1.52. The second kappa shape index (κ2) is 13.9. The summed E-state index contributed by atoms with van der Waals surface area (Å²) in [6.07, 6.45) is 3.12. The highest BCUT2D eigenvalue weighted by Gasteiger charge is 2.14. The van der Waals surface area contributed by atoms with Gasteiger partial charge in [0.1, 0.15) is 18.1 Å². The van der Waals surface area contributed by atoms with E-state index in [9.17, 15) is 9.59 Å². The van der Waals surface area contributed by atoms with Crippen molar-refractivity contribution in [2.75, 3.05) is 19.0 Å². The number of carbonyl (C=O) groups is 2. The smallest absolute Gasteiger partial charge is 0.287 e. The van der Waals surface area contributed by atoms with Gasteiger partial charge in [-0.25, -0.2) is 5.43 Å². The van der Waals surface area contributed by atoms with Crippen molar-refractivity contribution in [3.8, 4) is 5.75 Å². The quantitative estimate of drug-likeness (QED) is 0.133. The van der Waals surface area contributed by atoms with E-state index in [1.807, 2.05) is 97.9 Å². The van der Waals surface area contributed by atoms with Crippen LogP contribution in [0.4, 0.5) is 5.69 Å². The van der Waals surface area contributed by atoms with Crippen LogP contribution in [0.5, 0.6) is 5.75 Å². The summed E-state index contributed by atoms with van der Waals surface area (Å²) >= 11 is 3.47. The summed E-state index contributed by atoms with van der Waals surface area (Å²) in [6, 6.07) is 31.7. The summed E-state index contributed by atoms with van der Waals surface area (Å²) in [7, 11) is 3.90. The van der Waals surface area contributed by atoms with E-state index in [4.69, 9.17) is 4.74 Å². The first-order valence-electron chi connectivity index (χ1n) is 12.5. The van der Waals surface area contributed by atoms with Gasteiger partial charge in [0, 0.05) is 35.4 Å². The molecule has 0 aliphatic rings. The van der Waals surface area contributed by atoms with E-state index in [0.717, 1.165) is 21.3 Å². The Hall–Kier alpha value is -4.69. The molecule has 4 aromatic rings. The number of amides is 2. The van der Waals surface area contributed by atoms with Crippen LogP contribution in [0, 0.1) is 0 Å². The third-order valence-electron chi connectivity index (χ3n) is 5.83. The molecule has 0 radical (unpaired) electrons. The molecular formula is C32H29BrN4O3. The van der Waals surface area contributed by atoms with E-state index in [1.165, 1.54) is 6.21 Å². The van der Waals surface area contributed by atoms with Crippen LogP contribution in [0.3, 0.4) is 0 Å². The number of carbonyl (C=O) groups excluding carboxylic acids is 2. The van der Waals surface area contributed by atoms with E-state index < -0.39 is 11.8 Å². The highest BCUT2D eigenvalue weighted by atomic mass is 79.9. The number of halogens is 1. The van der Waals surface area contributed by atoms with Crippen molar-refractivity contribution < 1.29 is 14.3 Å². The van der Waals surface area contributed by atoms with Gasteiger partial charge in [-0.3, -0.25) is 9.59 Å². The molecule has 0 unspecified atom stereocenters. The number of ether oxygens (including phenoxy) is 1. The number of anilines is 1. The second-order valence-electron chi connectivity index (χ2n) is 9.02. The summed E-state index contributed by atoms with van der Waals surface area (Å²) < 4.78 is 6.83. The topological polar surface area (TPSA) is 83.0 Å². The standard InChI is InChI=1S/C32H29BrN4O3/c1-37(2)28-16-13-23(14-17-28)19-29(35-31(38)25-11-7-4-8-12-25)32(39)36-34-21-26-20-27(33)15-18-30(26)40-22-24-9-5-3-6-10-24/h3-21H,22H2,1-2H3,(H,35,38)(H,36,39). The monoisotopic (exact) mass is 596 g/mol. The summed E-state index contributed by atoms with van der Waals surface area (Å²) in [4.78, 5) is 28.0. The van der Waals surface area contributed by atoms with Gasteiger partial charge in [-0.05, 0) is 59.7 Å². The average molecular weight is 598 g/mol. The lowest BCUT2D eigenvalue weighted by Crippen LogP contribution is -2.32. The van der Waals surface area contributed by atoms with Gasteiger partial charge in [0.15, 0.2) is 0 Å². The Morgan fingerprint density at radius 2 is 1.57 bits per heavy atom. The first-order chi connectivity index (χ1) is 19.4. The molecule has 2 N–H and O–H groups in total. The van der Waals surface area contributed by atoms with Crippen LogP contribution in [0.15, 0.2) is 118 Å². The molecule has 7 nitrogen and oxygen atoms in total. The van der Waals surface area contributed by atoms with Crippen LogP contribution in [0.25, 0.3) is 6.08 Å². The number of benzene rings is 4. The van der Waals surface area contributed by atoms with Gasteiger partial charge >= 0.3 is 0 Å². The number of hydrazone groups is 1. The van der Waals surface area contributed by atoms with Crippen molar-refractivity contribution in [3.05, 3.63) is 136 Å². The van der Waals surface area contributed by atoms with E-state index >= 15 is 0 Å². The Morgan fingerprint density at radius 3 is 2.25 bits per heavy atom. The average Bonchev–Trinajstić information content (AvgIpc) is 2.97. The zero-order chi connectivity index (χ0) is 28.3. The summed E-state index contributed by atoms with van der Waals surface area (Å²) in [5, 5.41) is 6.87. The van der Waals surface area contributed by atoms with Gasteiger partial charge in [0.05, 0.1) is 6.21 Å². The van der Waals surface area contributed by atoms with Gasteiger partial charge in [-0.1, -0.05) is 76.6 Å². The molecule has 0 aliphatic carbocycles. The first-order valence-corrected chi connectivity index (χ1v) is 13.3. The Bertz CT molecular complexity index is 1500. The van der Waals surface area contributed by atoms with Crippen molar-refractivity contribution in [3.63, 3.8) is 0 Å². The van der Waals surface area contributed by atoms with E-state index in [1.54, 1.807) is 30.3 Å². The first kappa shape index (κ1) is 28.3. The minimum Gasteiger partial charge on any atom is -0.488 e. The van der Waals surface area contributed by atoms with Crippen molar-refractivity contribution in [1.82, 2.24) is 10.7 Å². The normalized spacial score (nSPS) is 11.2. The molecule has 4 rings (SSSR count). The Morgan fingerprint density at radius 1 is 0.900 bits per heavy atom. The van der Waals surface area contributed by atoms with Gasteiger partial charge in [-0.2, -0.15) is 5.10 Å². The number of rotatable bonds is 10. The summed E-state index contributed by atoms with van der Waals surface area (Å²) in [5.41, 5.74) is 6.48. The van der Waals surface area contributed by atoms with Crippen LogP contribution in [0.2, 0.25) is 0 Å². The molecule has 0 bridgehead atoms. The maximum absolute atomic E-state index is 13.2. The fourth-order valence-electron chi connectivity index (χ4n) is 3.69. The highest BCUT2D eigenvalue weighted by Crippen LogP contribution is 2.23. The molecule has 40 heavy (non-hydrogen) atoms. The number of nitrogens with zero attached hydrogens (tertiary/aromatic N) is 2. The lowest BCUT2D eigenvalue weighted by molar-refractivity contribution is -0.117. The lowest BCUT2D eigenvalue weighted by Gasteiger charge is -2.13. The molecular weight excluding hydrogens is 568 g/mol. The molecule has 0 aliphatic heterocycles. The zero-order valence-corrected chi connectivity index (χ0v) is 23.8. The molecule has 0 heterocycles. The molecule has 2 amide bonds. The predicted octanol–water partition coefficient (Wildman–Crippen LogP) is 6.02. The molecule has 0 saturated heterocycles. The van der Waals surface area contributed by atoms with Crippen molar-refractivity contribution in [1.29, 1.82) is 0 Å². The summed E-state index contributed by atoms with van der Waals surface area (Å²) in [5.74, 6) is -0.363. The van der Waals surface area contributed by atoms with Crippen LogP contribution >= 0.6 is 15.9 Å². The molecule has 0 saturated carbocycles. The number of hydrogen-bond donors (Lipinski definition) is 2. The maximum atomic E-state index is 13.2. The van der Waals surface area contributed by atoms with E-state index in [-0.39, 0.29) is 5.70 Å². The van der Waals surface area contributed by atoms with Gasteiger partial charge in [-0.15, -0.1) is 0 Å². The van der Waals surface area contributed by atoms with E-state index in [2.05, 4.69) is 31.8 Å². The van der Waals surface area contributed by atoms with Gasteiger partial charge in [0.25, 0.3) is 11.8 Å². The zero-order valence-electron chi connectivity index (χ0n) is 22.2. The number of hydrogen-bond acceptors (Lipinski definition) is 5. The van der Waals surface area contributed by atoms with Crippen LogP contribution < -0.4 is 20.4 Å². The third kappa shape index (κ3) is 8.15. The van der Waals surface area contributed by atoms with Gasteiger partial charge in [0.2, 0.25) is 0 Å². The third-order valence-corrected chi connectivity index (χ3v) is 6.32.